The number of hydrogen-bond acceptors (Lipinski definition) is 1. The molecule has 2 aromatic rings. The van der Waals surface area contributed by atoms with Crippen LogP contribution >= 0.6 is 0 Å². The third kappa shape index (κ3) is 2.12. The Hall–Kier alpha value is -1.57. The minimum absolute atomic E-state index is 0.642. The Bertz CT molecular complexity index is 467. The van der Waals surface area contributed by atoms with Crippen LogP contribution in [0.25, 0.3) is 5.69 Å². The highest BCUT2D eigenvalue weighted by molar-refractivity contribution is 5.33. The summed E-state index contributed by atoms with van der Waals surface area (Å²) >= 11 is 0. The first-order valence-electron chi connectivity index (χ1n) is 6.45. The molecule has 0 amide bonds. The topological polar surface area (TPSA) is 17.8 Å². The van der Waals surface area contributed by atoms with Crippen LogP contribution in [0.1, 0.15) is 43.8 Å². The molecule has 0 spiro atoms. The maximum atomic E-state index is 4.57. The molecular weight excluding hydrogens is 208 g/mol. The lowest BCUT2D eigenvalue weighted by molar-refractivity contribution is 0.425. The molecule has 0 unspecified atom stereocenters. The lowest BCUT2D eigenvalue weighted by atomic mass is 9.88. The van der Waals surface area contributed by atoms with Crippen molar-refractivity contribution in [2.75, 3.05) is 0 Å². The summed E-state index contributed by atoms with van der Waals surface area (Å²) in [4.78, 5) is 4.57. The van der Waals surface area contributed by atoms with Gasteiger partial charge in [0.25, 0.3) is 0 Å². The molecule has 2 nitrogen and oxygen atoms in total. The summed E-state index contributed by atoms with van der Waals surface area (Å²) in [6, 6.07) is 11.2. The van der Waals surface area contributed by atoms with Crippen LogP contribution in [0, 0.1) is 6.07 Å². The molecule has 0 aliphatic heterocycles. The molecule has 1 aromatic heterocycles. The second-order valence-corrected chi connectivity index (χ2v) is 4.75. The molecular formula is C15H17N2. The van der Waals surface area contributed by atoms with E-state index in [0.717, 1.165) is 0 Å². The van der Waals surface area contributed by atoms with Crippen molar-refractivity contribution in [1.82, 2.24) is 9.55 Å². The fourth-order valence-electron chi connectivity index (χ4n) is 2.73. The number of benzene rings is 1. The molecule has 3 rings (SSSR count). The summed E-state index contributed by atoms with van der Waals surface area (Å²) in [5.41, 5.74) is 1.20. The molecule has 1 saturated carbocycles. The summed E-state index contributed by atoms with van der Waals surface area (Å²) in [5.74, 6) is 1.87. The van der Waals surface area contributed by atoms with E-state index in [1.54, 1.807) is 0 Å². The molecule has 0 saturated heterocycles. The number of rotatable bonds is 2. The normalized spacial score (nSPS) is 17.2. The summed E-state index contributed by atoms with van der Waals surface area (Å²) < 4.78 is 2.23. The second kappa shape index (κ2) is 4.74. The Morgan fingerprint density at radius 1 is 1.12 bits per heavy atom. The van der Waals surface area contributed by atoms with Crippen LogP contribution < -0.4 is 0 Å². The lowest BCUT2D eigenvalue weighted by Crippen LogP contribution is -2.10. The summed E-state index contributed by atoms with van der Waals surface area (Å²) in [5, 5.41) is 0. The third-order valence-corrected chi connectivity index (χ3v) is 3.62. The third-order valence-electron chi connectivity index (χ3n) is 3.62. The molecule has 2 heteroatoms. The van der Waals surface area contributed by atoms with Crippen molar-refractivity contribution in [3.63, 3.8) is 0 Å². The Labute approximate surface area is 102 Å². The lowest BCUT2D eigenvalue weighted by Gasteiger charge is -2.22. The monoisotopic (exact) mass is 225 g/mol. The van der Waals surface area contributed by atoms with Crippen molar-refractivity contribution < 1.29 is 0 Å². The molecule has 1 heterocycles. The first-order valence-corrected chi connectivity index (χ1v) is 6.45. The van der Waals surface area contributed by atoms with Gasteiger partial charge in [0.15, 0.2) is 0 Å². The van der Waals surface area contributed by atoms with Crippen molar-refractivity contribution in [3.8, 4) is 5.69 Å². The van der Waals surface area contributed by atoms with E-state index in [9.17, 15) is 0 Å². The molecule has 1 radical (unpaired) electrons. The van der Waals surface area contributed by atoms with E-state index in [0.29, 0.717) is 5.92 Å². The average Bonchev–Trinajstić information content (AvgIpc) is 2.90. The highest BCUT2D eigenvalue weighted by Crippen LogP contribution is 2.32. The molecule has 0 atom stereocenters. The minimum atomic E-state index is 0.642. The van der Waals surface area contributed by atoms with Crippen LogP contribution in [-0.4, -0.2) is 9.55 Å². The van der Waals surface area contributed by atoms with Gasteiger partial charge in [-0.25, -0.2) is 4.98 Å². The van der Waals surface area contributed by atoms with Crippen molar-refractivity contribution >= 4 is 0 Å². The Morgan fingerprint density at radius 2 is 1.88 bits per heavy atom. The van der Waals surface area contributed by atoms with Gasteiger partial charge in [-0.15, -0.1) is 0 Å². The van der Waals surface area contributed by atoms with Crippen LogP contribution in [0.3, 0.4) is 0 Å². The van der Waals surface area contributed by atoms with Crippen LogP contribution in [0.15, 0.2) is 36.7 Å². The molecule has 0 bridgehead atoms. The number of nitrogens with zero attached hydrogens (tertiary/aromatic N) is 2. The highest BCUT2D eigenvalue weighted by Gasteiger charge is 2.20. The summed E-state index contributed by atoms with van der Waals surface area (Å²) in [6.45, 7) is 0. The van der Waals surface area contributed by atoms with Gasteiger partial charge >= 0.3 is 0 Å². The van der Waals surface area contributed by atoms with Gasteiger partial charge in [0.05, 0.1) is 0 Å². The highest BCUT2D eigenvalue weighted by atomic mass is 15.1. The van der Waals surface area contributed by atoms with E-state index in [1.807, 2.05) is 18.3 Å². The van der Waals surface area contributed by atoms with Gasteiger partial charge < -0.3 is 4.57 Å². The van der Waals surface area contributed by atoms with E-state index < -0.39 is 0 Å². The first-order chi connectivity index (χ1) is 8.45. The van der Waals surface area contributed by atoms with Crippen LogP contribution in [0.2, 0.25) is 0 Å². The van der Waals surface area contributed by atoms with E-state index in [4.69, 9.17) is 0 Å². The summed E-state index contributed by atoms with van der Waals surface area (Å²) in [6.07, 6.45) is 10.6. The maximum Gasteiger partial charge on any atom is 0.116 e. The maximum absolute atomic E-state index is 4.57. The van der Waals surface area contributed by atoms with Crippen molar-refractivity contribution in [3.05, 3.63) is 48.5 Å². The van der Waals surface area contributed by atoms with Crippen molar-refractivity contribution in [2.24, 2.45) is 0 Å². The largest absolute Gasteiger partial charge is 0.304 e. The summed E-state index contributed by atoms with van der Waals surface area (Å²) in [7, 11) is 0. The van der Waals surface area contributed by atoms with Gasteiger partial charge in [-0.2, -0.15) is 0 Å². The van der Waals surface area contributed by atoms with Gasteiger partial charge in [0.1, 0.15) is 5.82 Å². The molecule has 1 aliphatic carbocycles. The van der Waals surface area contributed by atoms with Gasteiger partial charge in [-0.05, 0) is 31.0 Å². The molecule has 1 aliphatic rings. The smallest absolute Gasteiger partial charge is 0.116 e. The molecule has 1 aromatic carbocycles. The number of aromatic nitrogens is 2. The van der Waals surface area contributed by atoms with Gasteiger partial charge in [-0.3, -0.25) is 0 Å². The van der Waals surface area contributed by atoms with E-state index in [2.05, 4.69) is 33.9 Å². The Morgan fingerprint density at radius 3 is 2.65 bits per heavy atom. The predicted octanol–water partition coefficient (Wildman–Crippen LogP) is 3.72. The van der Waals surface area contributed by atoms with Gasteiger partial charge in [-0.1, -0.05) is 31.4 Å². The predicted molar refractivity (Wildman–Crippen MR) is 68.2 cm³/mol. The Balaban J connectivity index is 1.93. The molecule has 17 heavy (non-hydrogen) atoms. The first kappa shape index (κ1) is 10.6. The SMILES string of the molecule is [c]1ccc(-n2ccnc2C2CCCCC2)cc1. The Kier molecular flexibility index (Phi) is 2.95. The number of imidazole rings is 1. The van der Waals surface area contributed by atoms with Crippen LogP contribution in [0.4, 0.5) is 0 Å². The zero-order chi connectivity index (χ0) is 11.5. The second-order valence-electron chi connectivity index (χ2n) is 4.75. The van der Waals surface area contributed by atoms with Crippen LogP contribution in [0.5, 0.6) is 0 Å². The van der Waals surface area contributed by atoms with Crippen LogP contribution in [-0.2, 0) is 0 Å². The van der Waals surface area contributed by atoms with E-state index >= 15 is 0 Å². The van der Waals surface area contributed by atoms with E-state index in [-0.39, 0.29) is 0 Å². The molecule has 1 fully saturated rings. The zero-order valence-corrected chi connectivity index (χ0v) is 9.97. The fraction of sp³-hybridized carbons (Fsp3) is 0.400. The number of hydrogen-bond donors (Lipinski definition) is 0. The average molecular weight is 225 g/mol. The molecule has 87 valence electrons. The van der Waals surface area contributed by atoms with Crippen molar-refractivity contribution in [1.29, 1.82) is 0 Å². The minimum Gasteiger partial charge on any atom is -0.304 e. The quantitative estimate of drug-likeness (QED) is 0.761. The fourth-order valence-corrected chi connectivity index (χ4v) is 2.73. The zero-order valence-electron chi connectivity index (χ0n) is 9.97. The van der Waals surface area contributed by atoms with Gasteiger partial charge in [0, 0.05) is 24.0 Å². The molecule has 0 N–H and O–H groups in total. The standard InChI is InChI=1S/C15H17N2/c1-3-7-13(8-4-1)15-16-11-12-17(15)14-9-5-2-6-10-14/h5-6,9-13H,1,3-4,7-8H2. The van der Waals surface area contributed by atoms with E-state index in [1.165, 1.54) is 43.6 Å². The van der Waals surface area contributed by atoms with Crippen molar-refractivity contribution in [2.45, 2.75) is 38.0 Å². The van der Waals surface area contributed by atoms with Gasteiger partial charge in [0.2, 0.25) is 0 Å².